The van der Waals surface area contributed by atoms with Crippen LogP contribution in [0.4, 0.5) is 5.95 Å². The number of aryl methyl sites for hydroxylation is 1. The molecule has 1 fully saturated rings. The van der Waals surface area contributed by atoms with E-state index in [1.54, 1.807) is 25.4 Å². The lowest BCUT2D eigenvalue weighted by Crippen LogP contribution is -2.40. The Morgan fingerprint density at radius 2 is 2.14 bits per heavy atom. The monoisotopic (exact) mass is 378 g/mol. The van der Waals surface area contributed by atoms with Crippen molar-refractivity contribution in [2.75, 3.05) is 18.0 Å². The average molecular weight is 378 g/mol. The van der Waals surface area contributed by atoms with Gasteiger partial charge in [-0.1, -0.05) is 0 Å². The summed E-state index contributed by atoms with van der Waals surface area (Å²) in [7, 11) is 1.67. The Morgan fingerprint density at radius 1 is 1.29 bits per heavy atom. The van der Waals surface area contributed by atoms with Crippen LogP contribution in [0, 0.1) is 6.92 Å². The predicted molar refractivity (Wildman–Crippen MR) is 106 cm³/mol. The first kappa shape index (κ1) is 18.0. The summed E-state index contributed by atoms with van der Waals surface area (Å²) < 4.78 is 1.48. The summed E-state index contributed by atoms with van der Waals surface area (Å²) in [4.78, 5) is 39.1. The minimum atomic E-state index is -0.339. The van der Waals surface area contributed by atoms with E-state index in [9.17, 15) is 9.59 Å². The lowest BCUT2D eigenvalue weighted by Gasteiger charge is -2.17. The van der Waals surface area contributed by atoms with Gasteiger partial charge in [0.25, 0.3) is 11.5 Å². The number of anilines is 1. The van der Waals surface area contributed by atoms with Crippen LogP contribution < -0.4 is 15.8 Å². The normalized spacial score (nSPS) is 16.4. The molecule has 3 aromatic heterocycles. The van der Waals surface area contributed by atoms with Crippen molar-refractivity contribution < 1.29 is 4.79 Å². The number of amides is 1. The van der Waals surface area contributed by atoms with Crippen LogP contribution in [0.1, 0.15) is 22.5 Å². The van der Waals surface area contributed by atoms with Crippen molar-refractivity contribution in [2.45, 2.75) is 19.4 Å². The molecule has 1 amide bonds. The lowest BCUT2D eigenvalue weighted by atomic mass is 10.2. The summed E-state index contributed by atoms with van der Waals surface area (Å²) in [6.45, 7) is 3.18. The smallest absolute Gasteiger partial charge is 0.263 e. The molecule has 4 rings (SSSR count). The molecule has 0 saturated carbocycles. The van der Waals surface area contributed by atoms with Crippen molar-refractivity contribution in [3.05, 3.63) is 64.3 Å². The van der Waals surface area contributed by atoms with Crippen molar-refractivity contribution in [3.8, 4) is 11.4 Å². The molecule has 4 heterocycles. The van der Waals surface area contributed by atoms with E-state index in [0.717, 1.165) is 30.0 Å². The molecule has 2 N–H and O–H groups in total. The molecule has 1 aliphatic heterocycles. The van der Waals surface area contributed by atoms with Gasteiger partial charge >= 0.3 is 0 Å². The molecule has 1 unspecified atom stereocenters. The maximum atomic E-state index is 12.6. The van der Waals surface area contributed by atoms with Gasteiger partial charge in [-0.25, -0.2) is 9.97 Å². The zero-order valence-corrected chi connectivity index (χ0v) is 15.8. The number of nitrogens with zero attached hydrogens (tertiary/aromatic N) is 4. The van der Waals surface area contributed by atoms with Gasteiger partial charge in [0.1, 0.15) is 5.56 Å². The number of aromatic amines is 1. The van der Waals surface area contributed by atoms with Crippen LogP contribution in [0.5, 0.6) is 0 Å². The minimum Gasteiger partial charge on any atom is -0.360 e. The molecule has 8 heteroatoms. The summed E-state index contributed by atoms with van der Waals surface area (Å²) in [5.74, 6) is 0.295. The van der Waals surface area contributed by atoms with Gasteiger partial charge in [-0.3, -0.25) is 9.59 Å². The summed E-state index contributed by atoms with van der Waals surface area (Å²) in [5.41, 5.74) is 2.45. The number of pyridine rings is 1. The standard InChI is InChI=1S/C20H22N6O2/c1-13-5-6-15(19(28)25(13)2)18(27)23-14-8-11-26(12-14)20-22-10-7-17(24-20)16-4-3-9-21-16/h3-7,9-10,14,21H,8,11-12H2,1-2H3,(H,23,27). The zero-order valence-electron chi connectivity index (χ0n) is 15.8. The molecule has 0 aromatic carbocycles. The minimum absolute atomic E-state index is 0.0590. The zero-order chi connectivity index (χ0) is 19.7. The van der Waals surface area contributed by atoms with Crippen molar-refractivity contribution in [1.29, 1.82) is 0 Å². The Morgan fingerprint density at radius 3 is 2.93 bits per heavy atom. The first-order valence-electron chi connectivity index (χ1n) is 9.22. The number of hydrogen-bond donors (Lipinski definition) is 2. The fourth-order valence-corrected chi connectivity index (χ4v) is 3.36. The van der Waals surface area contributed by atoms with Gasteiger partial charge in [-0.15, -0.1) is 0 Å². The largest absolute Gasteiger partial charge is 0.360 e. The SMILES string of the molecule is Cc1ccc(C(=O)NC2CCN(c3nccc(-c4ccc[nH]4)n3)C2)c(=O)n1C. The van der Waals surface area contributed by atoms with E-state index in [-0.39, 0.29) is 23.1 Å². The fraction of sp³-hybridized carbons (Fsp3) is 0.300. The first-order chi connectivity index (χ1) is 13.5. The molecule has 0 aliphatic carbocycles. The topological polar surface area (TPSA) is 95.9 Å². The molecular formula is C20H22N6O2. The number of hydrogen-bond acceptors (Lipinski definition) is 5. The Hall–Kier alpha value is -3.42. The van der Waals surface area contributed by atoms with Crippen LogP contribution in [0.15, 0.2) is 47.5 Å². The predicted octanol–water partition coefficient (Wildman–Crippen LogP) is 1.49. The molecule has 0 bridgehead atoms. The fourth-order valence-electron chi connectivity index (χ4n) is 3.36. The molecular weight excluding hydrogens is 356 g/mol. The molecule has 1 saturated heterocycles. The van der Waals surface area contributed by atoms with Gasteiger partial charge in [-0.2, -0.15) is 0 Å². The summed E-state index contributed by atoms with van der Waals surface area (Å²) in [6, 6.07) is 9.04. The summed E-state index contributed by atoms with van der Waals surface area (Å²) in [6.07, 6.45) is 4.36. The highest BCUT2D eigenvalue weighted by Crippen LogP contribution is 2.20. The lowest BCUT2D eigenvalue weighted by molar-refractivity contribution is 0.0938. The Labute approximate surface area is 162 Å². The van der Waals surface area contributed by atoms with E-state index < -0.39 is 0 Å². The van der Waals surface area contributed by atoms with E-state index in [4.69, 9.17) is 0 Å². The van der Waals surface area contributed by atoms with Crippen LogP contribution in [0.3, 0.4) is 0 Å². The highest BCUT2D eigenvalue weighted by Gasteiger charge is 2.27. The van der Waals surface area contributed by atoms with Crippen LogP contribution in [0.2, 0.25) is 0 Å². The maximum absolute atomic E-state index is 12.6. The van der Waals surface area contributed by atoms with Crippen LogP contribution in [-0.4, -0.2) is 44.6 Å². The summed E-state index contributed by atoms with van der Waals surface area (Å²) >= 11 is 0. The third kappa shape index (κ3) is 3.40. The van der Waals surface area contributed by atoms with E-state index in [0.29, 0.717) is 12.5 Å². The van der Waals surface area contributed by atoms with Crippen molar-refractivity contribution in [2.24, 2.45) is 7.05 Å². The van der Waals surface area contributed by atoms with E-state index in [2.05, 4.69) is 20.3 Å². The van der Waals surface area contributed by atoms with Crippen LogP contribution in [-0.2, 0) is 7.05 Å². The van der Waals surface area contributed by atoms with Gasteiger partial charge in [0.15, 0.2) is 0 Å². The number of H-pyrrole nitrogens is 1. The van der Waals surface area contributed by atoms with Gasteiger partial charge in [0, 0.05) is 44.3 Å². The molecule has 0 spiro atoms. The second kappa shape index (κ2) is 7.30. The number of rotatable bonds is 4. The highest BCUT2D eigenvalue weighted by atomic mass is 16.2. The van der Waals surface area contributed by atoms with Crippen LogP contribution in [0.25, 0.3) is 11.4 Å². The van der Waals surface area contributed by atoms with Gasteiger partial charge in [0.05, 0.1) is 11.4 Å². The molecule has 8 nitrogen and oxygen atoms in total. The average Bonchev–Trinajstić information content (AvgIpc) is 3.38. The van der Waals surface area contributed by atoms with E-state index in [1.807, 2.05) is 36.2 Å². The molecule has 3 aromatic rings. The number of carbonyl (C=O) groups excluding carboxylic acids is 1. The molecule has 144 valence electrons. The quantitative estimate of drug-likeness (QED) is 0.717. The second-order valence-electron chi connectivity index (χ2n) is 6.98. The number of carbonyl (C=O) groups is 1. The van der Waals surface area contributed by atoms with Gasteiger partial charge < -0.3 is 19.8 Å². The first-order valence-corrected chi connectivity index (χ1v) is 9.22. The van der Waals surface area contributed by atoms with E-state index in [1.165, 1.54) is 4.57 Å². The van der Waals surface area contributed by atoms with Gasteiger partial charge in [0.2, 0.25) is 5.95 Å². The highest BCUT2D eigenvalue weighted by molar-refractivity contribution is 5.94. The Kier molecular flexibility index (Phi) is 4.68. The van der Waals surface area contributed by atoms with Gasteiger partial charge in [-0.05, 0) is 43.7 Å². The van der Waals surface area contributed by atoms with Crippen molar-refractivity contribution >= 4 is 11.9 Å². The third-order valence-corrected chi connectivity index (χ3v) is 5.12. The molecule has 1 aliphatic rings. The molecule has 0 radical (unpaired) electrons. The Bertz CT molecular complexity index is 1060. The summed E-state index contributed by atoms with van der Waals surface area (Å²) in [5, 5.41) is 2.97. The second-order valence-corrected chi connectivity index (χ2v) is 6.98. The molecule has 1 atom stereocenters. The Balaban J connectivity index is 1.45. The number of nitrogens with one attached hydrogen (secondary N) is 2. The molecule has 28 heavy (non-hydrogen) atoms. The maximum Gasteiger partial charge on any atom is 0.263 e. The van der Waals surface area contributed by atoms with Crippen LogP contribution >= 0.6 is 0 Å². The third-order valence-electron chi connectivity index (χ3n) is 5.12. The number of aromatic nitrogens is 4. The van der Waals surface area contributed by atoms with Crippen molar-refractivity contribution in [3.63, 3.8) is 0 Å². The van der Waals surface area contributed by atoms with Crippen molar-refractivity contribution in [1.82, 2.24) is 24.8 Å². The van der Waals surface area contributed by atoms with E-state index >= 15 is 0 Å².